The monoisotopic (exact) mass is 524 g/mol. The second kappa shape index (κ2) is 12.0. The van der Waals surface area contributed by atoms with Crippen molar-refractivity contribution in [1.29, 1.82) is 0 Å². The minimum atomic E-state index is 0. The number of likely N-dealkylation sites (tertiary alicyclic amines) is 1. The molecule has 164 valence electrons. The Balaban J connectivity index is 0.00000320. The van der Waals surface area contributed by atoms with Gasteiger partial charge in [0.2, 0.25) is 0 Å². The molecule has 3 rings (SSSR count). The summed E-state index contributed by atoms with van der Waals surface area (Å²) in [4.78, 5) is 7.18. The lowest BCUT2D eigenvalue weighted by Crippen LogP contribution is -2.44. The molecule has 6 nitrogen and oxygen atoms in total. The number of nitrogens with one attached hydrogen (secondary N) is 2. The zero-order valence-electron chi connectivity index (χ0n) is 18.0. The quantitative estimate of drug-likeness (QED) is 0.293. The van der Waals surface area contributed by atoms with Crippen molar-refractivity contribution in [3.63, 3.8) is 0 Å². The van der Waals surface area contributed by atoms with Gasteiger partial charge in [-0.2, -0.15) is 0 Å². The van der Waals surface area contributed by atoms with E-state index in [0.717, 1.165) is 37.6 Å². The molecule has 2 unspecified atom stereocenters. The predicted octanol–water partition coefficient (Wildman–Crippen LogP) is 3.74. The van der Waals surface area contributed by atoms with Crippen LogP contribution in [0.5, 0.6) is 11.5 Å². The average Bonchev–Trinajstić information content (AvgIpc) is 3.06. The van der Waals surface area contributed by atoms with Crippen LogP contribution in [0.1, 0.15) is 31.4 Å². The predicted molar refractivity (Wildman–Crippen MR) is 133 cm³/mol. The summed E-state index contributed by atoms with van der Waals surface area (Å²) < 4.78 is 5.25. The number of benzene rings is 2. The summed E-state index contributed by atoms with van der Waals surface area (Å²) in [6.45, 7) is 7.44. The summed E-state index contributed by atoms with van der Waals surface area (Å²) in [6, 6.07) is 16.7. The SMILES string of the molecule is CCNC(=NCc1cc(OC)ccc1O)NC1CC(C)N(Cc2ccccc2)C1.I. The Labute approximate surface area is 196 Å². The summed E-state index contributed by atoms with van der Waals surface area (Å²) >= 11 is 0. The largest absolute Gasteiger partial charge is 0.508 e. The van der Waals surface area contributed by atoms with E-state index in [-0.39, 0.29) is 29.7 Å². The van der Waals surface area contributed by atoms with Gasteiger partial charge < -0.3 is 20.5 Å². The van der Waals surface area contributed by atoms with Crippen molar-refractivity contribution < 1.29 is 9.84 Å². The van der Waals surface area contributed by atoms with Gasteiger partial charge in [-0.15, -0.1) is 24.0 Å². The van der Waals surface area contributed by atoms with E-state index in [1.807, 2.05) is 6.07 Å². The number of hydrogen-bond acceptors (Lipinski definition) is 4. The van der Waals surface area contributed by atoms with Crippen LogP contribution in [0.15, 0.2) is 53.5 Å². The molecule has 30 heavy (non-hydrogen) atoms. The molecule has 1 aliphatic rings. The van der Waals surface area contributed by atoms with Crippen LogP contribution < -0.4 is 15.4 Å². The number of methoxy groups -OCH3 is 1. The molecule has 3 N–H and O–H groups in total. The van der Waals surface area contributed by atoms with Crippen molar-refractivity contribution in [2.24, 2.45) is 4.99 Å². The number of aromatic hydroxyl groups is 1. The maximum Gasteiger partial charge on any atom is 0.191 e. The Kier molecular flexibility index (Phi) is 9.71. The van der Waals surface area contributed by atoms with E-state index in [4.69, 9.17) is 4.74 Å². The molecule has 7 heteroatoms. The van der Waals surface area contributed by atoms with Crippen LogP contribution in [0.3, 0.4) is 0 Å². The van der Waals surface area contributed by atoms with Gasteiger partial charge in [-0.3, -0.25) is 4.90 Å². The van der Waals surface area contributed by atoms with Gasteiger partial charge in [-0.05, 0) is 44.0 Å². The highest BCUT2D eigenvalue weighted by Crippen LogP contribution is 2.24. The molecule has 0 bridgehead atoms. The first-order valence-corrected chi connectivity index (χ1v) is 10.3. The Hall–Kier alpha value is -2.00. The van der Waals surface area contributed by atoms with Gasteiger partial charge in [0.15, 0.2) is 5.96 Å². The van der Waals surface area contributed by atoms with Gasteiger partial charge in [0.1, 0.15) is 11.5 Å². The Morgan fingerprint density at radius 1 is 1.23 bits per heavy atom. The number of nitrogens with zero attached hydrogens (tertiary/aromatic N) is 2. The third-order valence-electron chi connectivity index (χ3n) is 5.31. The Morgan fingerprint density at radius 3 is 2.70 bits per heavy atom. The van der Waals surface area contributed by atoms with Gasteiger partial charge in [-0.25, -0.2) is 4.99 Å². The molecule has 1 aliphatic heterocycles. The number of guanidine groups is 1. The standard InChI is InChI=1S/C23H32N4O2.HI/c1-4-24-23(25-14-19-13-21(29-3)10-11-22(19)28)26-20-12-17(2)27(16-20)15-18-8-6-5-7-9-18;/h5-11,13,17,20,28H,4,12,14-16H2,1-3H3,(H2,24,25,26);1H. The average molecular weight is 524 g/mol. The van der Waals surface area contributed by atoms with E-state index in [2.05, 4.69) is 64.7 Å². The number of rotatable bonds is 7. The Morgan fingerprint density at radius 2 is 2.00 bits per heavy atom. The number of phenolic OH excluding ortho intramolecular Hbond substituents is 1. The van der Waals surface area contributed by atoms with Gasteiger partial charge in [0.05, 0.1) is 13.7 Å². The van der Waals surface area contributed by atoms with E-state index in [0.29, 0.717) is 24.4 Å². The zero-order valence-corrected chi connectivity index (χ0v) is 20.3. The highest BCUT2D eigenvalue weighted by Gasteiger charge is 2.29. The normalized spacial score (nSPS) is 19.2. The minimum absolute atomic E-state index is 0. The first kappa shape index (κ1) is 24.3. The number of hydrogen-bond donors (Lipinski definition) is 3. The van der Waals surface area contributed by atoms with Crippen LogP contribution in [0.25, 0.3) is 0 Å². The van der Waals surface area contributed by atoms with Crippen LogP contribution in [-0.4, -0.2) is 48.2 Å². The van der Waals surface area contributed by atoms with E-state index < -0.39 is 0 Å². The third-order valence-corrected chi connectivity index (χ3v) is 5.31. The number of aliphatic imine (C=N–C) groups is 1. The lowest BCUT2D eigenvalue weighted by molar-refractivity contribution is 0.258. The summed E-state index contributed by atoms with van der Waals surface area (Å²) in [5.74, 6) is 1.72. The van der Waals surface area contributed by atoms with Crippen molar-refractivity contribution >= 4 is 29.9 Å². The van der Waals surface area contributed by atoms with E-state index in [9.17, 15) is 5.11 Å². The van der Waals surface area contributed by atoms with Crippen LogP contribution in [0, 0.1) is 0 Å². The molecule has 0 aliphatic carbocycles. The first-order chi connectivity index (χ1) is 14.1. The number of ether oxygens (including phenoxy) is 1. The molecule has 2 aromatic carbocycles. The molecule has 0 radical (unpaired) electrons. The highest BCUT2D eigenvalue weighted by molar-refractivity contribution is 14.0. The van der Waals surface area contributed by atoms with Crippen molar-refractivity contribution in [3.05, 3.63) is 59.7 Å². The molecule has 1 heterocycles. The lowest BCUT2D eigenvalue weighted by atomic mass is 10.2. The zero-order chi connectivity index (χ0) is 20.6. The molecule has 2 atom stereocenters. The lowest BCUT2D eigenvalue weighted by Gasteiger charge is -2.21. The number of phenols is 1. The molecule has 0 saturated carbocycles. The summed E-state index contributed by atoms with van der Waals surface area (Å²) in [5, 5.41) is 17.0. The fourth-order valence-electron chi connectivity index (χ4n) is 3.73. The van der Waals surface area contributed by atoms with E-state index in [1.165, 1.54) is 5.56 Å². The maximum atomic E-state index is 10.1. The minimum Gasteiger partial charge on any atom is -0.508 e. The van der Waals surface area contributed by atoms with Gasteiger partial charge in [-0.1, -0.05) is 30.3 Å². The molecular formula is C23H33IN4O2. The smallest absolute Gasteiger partial charge is 0.191 e. The third kappa shape index (κ3) is 6.77. The topological polar surface area (TPSA) is 69.1 Å². The van der Waals surface area contributed by atoms with E-state index >= 15 is 0 Å². The van der Waals surface area contributed by atoms with Crippen LogP contribution in [-0.2, 0) is 13.1 Å². The molecule has 2 aromatic rings. The summed E-state index contributed by atoms with van der Waals surface area (Å²) in [7, 11) is 1.62. The molecule has 0 amide bonds. The molecule has 1 fully saturated rings. The van der Waals surface area contributed by atoms with Crippen molar-refractivity contribution in [3.8, 4) is 11.5 Å². The summed E-state index contributed by atoms with van der Waals surface area (Å²) in [5.41, 5.74) is 2.08. The molecular weight excluding hydrogens is 491 g/mol. The second-order valence-corrected chi connectivity index (χ2v) is 7.53. The van der Waals surface area contributed by atoms with Crippen molar-refractivity contribution in [1.82, 2.24) is 15.5 Å². The van der Waals surface area contributed by atoms with Crippen molar-refractivity contribution in [2.75, 3.05) is 20.2 Å². The summed E-state index contributed by atoms with van der Waals surface area (Å²) in [6.07, 6.45) is 1.07. The Bertz CT molecular complexity index is 816. The molecule has 1 saturated heterocycles. The van der Waals surface area contributed by atoms with E-state index in [1.54, 1.807) is 19.2 Å². The first-order valence-electron chi connectivity index (χ1n) is 10.3. The van der Waals surface area contributed by atoms with Crippen LogP contribution in [0.4, 0.5) is 0 Å². The van der Waals surface area contributed by atoms with Crippen LogP contribution >= 0.6 is 24.0 Å². The second-order valence-electron chi connectivity index (χ2n) is 7.53. The van der Waals surface area contributed by atoms with Gasteiger partial charge in [0.25, 0.3) is 0 Å². The highest BCUT2D eigenvalue weighted by atomic mass is 127. The molecule has 0 aromatic heterocycles. The maximum absolute atomic E-state index is 10.1. The number of halogens is 1. The van der Waals surface area contributed by atoms with Crippen molar-refractivity contribution in [2.45, 2.75) is 45.4 Å². The van der Waals surface area contributed by atoms with Gasteiger partial charge in [0, 0.05) is 37.3 Å². The fourth-order valence-corrected chi connectivity index (χ4v) is 3.73. The van der Waals surface area contributed by atoms with Crippen LogP contribution in [0.2, 0.25) is 0 Å². The molecule has 0 spiro atoms. The fraction of sp³-hybridized carbons (Fsp3) is 0.435. The van der Waals surface area contributed by atoms with Gasteiger partial charge >= 0.3 is 0 Å².